The molecule has 0 heterocycles. The van der Waals surface area contributed by atoms with Gasteiger partial charge in [0.15, 0.2) is 0 Å². The fourth-order valence-electron chi connectivity index (χ4n) is 6.98. The molecule has 0 unspecified atom stereocenters. The van der Waals surface area contributed by atoms with Gasteiger partial charge in [-0.15, -0.1) is 0 Å². The average molecular weight is 799 g/mol. The summed E-state index contributed by atoms with van der Waals surface area (Å²) in [7, 11) is 0. The summed E-state index contributed by atoms with van der Waals surface area (Å²) in [6, 6.07) is 53.7. The van der Waals surface area contributed by atoms with Crippen LogP contribution in [0, 0.1) is 0 Å². The first-order chi connectivity index (χ1) is 27.5. The van der Waals surface area contributed by atoms with Gasteiger partial charge in [0.25, 0.3) is 0 Å². The molecular weight excluding hydrogens is 721 g/mol. The first-order valence-corrected chi connectivity index (χ1v) is 22.2. The van der Waals surface area contributed by atoms with Crippen LogP contribution in [0.3, 0.4) is 0 Å². The zero-order chi connectivity index (χ0) is 44.9. The van der Waals surface area contributed by atoms with Gasteiger partial charge < -0.3 is 0 Å². The van der Waals surface area contributed by atoms with E-state index in [0.29, 0.717) is 0 Å². The lowest BCUT2D eigenvalue weighted by Crippen LogP contribution is -2.14. The van der Waals surface area contributed by atoms with Crippen LogP contribution in [-0.4, -0.2) is 0 Å². The Hall–Kier alpha value is -4.68. The van der Waals surface area contributed by atoms with Crippen LogP contribution in [0.5, 0.6) is 0 Å². The molecule has 0 saturated heterocycles. The molecular formula is C60H78. The fraction of sp³-hybridized carbons (Fsp3) is 0.400. The lowest BCUT2D eigenvalue weighted by molar-refractivity contribution is 0.577. The first-order valence-electron chi connectivity index (χ1n) is 22.2. The Bertz CT molecular complexity index is 2040. The molecule has 6 aromatic rings. The van der Waals surface area contributed by atoms with E-state index in [2.05, 4.69) is 270 Å². The Morgan fingerprint density at radius 3 is 0.333 bits per heavy atom. The molecule has 318 valence electrons. The van der Waals surface area contributed by atoms with Gasteiger partial charge in [-0.05, 0) is 99.3 Å². The van der Waals surface area contributed by atoms with Gasteiger partial charge in [0.2, 0.25) is 0 Å². The van der Waals surface area contributed by atoms with Gasteiger partial charge in [0.1, 0.15) is 0 Å². The standard InChI is InChI=1S/C26H30.C20H26.C14H22/c1-25(2,3)23-15-11-21(12-16-23)19-7-9-20(10-8-19)22-13-17-24(18-14-22)26(4,5)6;1-19(2,3)17-11-7-15(8-12-17)16-9-13-18(14-10-16)20(4,5)6;1-13(2,3)11-7-9-12(10-8-11)14(4,5)6/h7-18H,1-6H3;7-14H,1-6H3;7-10H,1-6H3. The number of benzene rings is 6. The highest BCUT2D eigenvalue weighted by Gasteiger charge is 2.18. The zero-order valence-corrected chi connectivity index (χ0v) is 40.9. The molecule has 0 aliphatic rings. The van der Waals surface area contributed by atoms with Crippen molar-refractivity contribution in [3.05, 3.63) is 179 Å². The average Bonchev–Trinajstić information content (AvgIpc) is 3.17. The van der Waals surface area contributed by atoms with Crippen molar-refractivity contribution in [1.29, 1.82) is 0 Å². The van der Waals surface area contributed by atoms with Crippen molar-refractivity contribution in [1.82, 2.24) is 0 Å². The van der Waals surface area contributed by atoms with E-state index in [1.54, 1.807) is 0 Å². The first kappa shape index (κ1) is 48.0. The van der Waals surface area contributed by atoms with E-state index in [0.717, 1.165) is 0 Å². The van der Waals surface area contributed by atoms with Crippen molar-refractivity contribution >= 4 is 0 Å². The molecule has 0 spiro atoms. The predicted octanol–water partition coefficient (Wildman–Crippen LogP) is 17.8. The van der Waals surface area contributed by atoms with Crippen LogP contribution in [0.4, 0.5) is 0 Å². The van der Waals surface area contributed by atoms with E-state index in [9.17, 15) is 0 Å². The molecule has 0 heteroatoms. The molecule has 0 aliphatic heterocycles. The maximum Gasteiger partial charge on any atom is -0.0132 e. The molecule has 6 rings (SSSR count). The zero-order valence-electron chi connectivity index (χ0n) is 40.9. The van der Waals surface area contributed by atoms with Crippen LogP contribution >= 0.6 is 0 Å². The molecule has 0 atom stereocenters. The second kappa shape index (κ2) is 18.5. The maximum absolute atomic E-state index is 2.25. The lowest BCUT2D eigenvalue weighted by atomic mass is 9.82. The molecule has 0 aromatic heterocycles. The van der Waals surface area contributed by atoms with Crippen molar-refractivity contribution < 1.29 is 0 Å². The minimum atomic E-state index is 0.196. The SMILES string of the molecule is CC(C)(C)c1ccc(-c2ccc(-c3ccc(C(C)(C)C)cc3)cc2)cc1.CC(C)(C)c1ccc(-c2ccc(C(C)(C)C)cc2)cc1.CC(C)(C)c1ccc(C(C)(C)C)cc1. The van der Waals surface area contributed by atoms with E-state index in [-0.39, 0.29) is 32.5 Å². The van der Waals surface area contributed by atoms with E-state index < -0.39 is 0 Å². The third-order valence-corrected chi connectivity index (χ3v) is 11.5. The summed E-state index contributed by atoms with van der Waals surface area (Å²) in [4.78, 5) is 0. The Balaban J connectivity index is 0.000000208. The summed E-state index contributed by atoms with van der Waals surface area (Å²) in [5.74, 6) is 0. The molecule has 0 fully saturated rings. The third kappa shape index (κ3) is 13.7. The van der Waals surface area contributed by atoms with Gasteiger partial charge in [-0.1, -0.05) is 270 Å². The molecule has 60 heavy (non-hydrogen) atoms. The summed E-state index contributed by atoms with van der Waals surface area (Å²) >= 11 is 0. The summed E-state index contributed by atoms with van der Waals surface area (Å²) in [5.41, 5.74) is 17.3. The number of rotatable bonds is 3. The van der Waals surface area contributed by atoms with Crippen molar-refractivity contribution in [3.63, 3.8) is 0 Å². The van der Waals surface area contributed by atoms with Crippen LogP contribution in [0.15, 0.2) is 146 Å². The van der Waals surface area contributed by atoms with Crippen molar-refractivity contribution in [2.24, 2.45) is 0 Å². The van der Waals surface area contributed by atoms with E-state index in [1.165, 1.54) is 66.8 Å². The number of hydrogen-bond donors (Lipinski definition) is 0. The summed E-state index contributed by atoms with van der Waals surface area (Å²) in [6.07, 6.45) is 0. The second-order valence-electron chi connectivity index (χ2n) is 23.0. The van der Waals surface area contributed by atoms with Gasteiger partial charge in [0.05, 0.1) is 0 Å². The molecule has 0 N–H and O–H groups in total. The minimum Gasteiger partial charge on any atom is -0.0582 e. The van der Waals surface area contributed by atoms with Crippen LogP contribution in [0.25, 0.3) is 33.4 Å². The van der Waals surface area contributed by atoms with Crippen LogP contribution in [0.1, 0.15) is 158 Å². The Morgan fingerprint density at radius 1 is 0.150 bits per heavy atom. The normalized spacial score (nSPS) is 12.5. The largest absolute Gasteiger partial charge is 0.0582 e. The highest BCUT2D eigenvalue weighted by molar-refractivity contribution is 5.71. The highest BCUT2D eigenvalue weighted by Crippen LogP contribution is 2.32. The smallest absolute Gasteiger partial charge is 0.0132 e. The molecule has 6 aromatic carbocycles. The quantitative estimate of drug-likeness (QED) is 0.167. The Morgan fingerprint density at radius 2 is 0.233 bits per heavy atom. The Labute approximate surface area is 367 Å². The van der Waals surface area contributed by atoms with E-state index in [1.807, 2.05) is 0 Å². The van der Waals surface area contributed by atoms with Gasteiger partial charge in [-0.2, -0.15) is 0 Å². The van der Waals surface area contributed by atoms with Crippen LogP contribution in [0.2, 0.25) is 0 Å². The van der Waals surface area contributed by atoms with Crippen LogP contribution in [-0.2, 0) is 32.5 Å². The maximum atomic E-state index is 2.25. The molecule has 0 radical (unpaired) electrons. The molecule has 0 saturated carbocycles. The van der Waals surface area contributed by atoms with E-state index >= 15 is 0 Å². The van der Waals surface area contributed by atoms with Crippen molar-refractivity contribution in [3.8, 4) is 33.4 Å². The van der Waals surface area contributed by atoms with Crippen molar-refractivity contribution in [2.75, 3.05) is 0 Å². The van der Waals surface area contributed by atoms with Gasteiger partial charge >= 0.3 is 0 Å². The van der Waals surface area contributed by atoms with Gasteiger partial charge in [-0.3, -0.25) is 0 Å². The lowest BCUT2D eigenvalue weighted by Gasteiger charge is -2.23. The summed E-state index contributed by atoms with van der Waals surface area (Å²) < 4.78 is 0. The van der Waals surface area contributed by atoms with Crippen molar-refractivity contribution in [2.45, 2.75) is 157 Å². The molecule has 0 nitrogen and oxygen atoms in total. The monoisotopic (exact) mass is 799 g/mol. The number of hydrogen-bond acceptors (Lipinski definition) is 0. The molecule has 0 aliphatic carbocycles. The predicted molar refractivity (Wildman–Crippen MR) is 268 cm³/mol. The van der Waals surface area contributed by atoms with Gasteiger partial charge in [0, 0.05) is 0 Å². The summed E-state index contributed by atoms with van der Waals surface area (Å²) in [5, 5.41) is 0. The van der Waals surface area contributed by atoms with E-state index in [4.69, 9.17) is 0 Å². The second-order valence-corrected chi connectivity index (χ2v) is 23.0. The molecule has 0 bridgehead atoms. The third-order valence-electron chi connectivity index (χ3n) is 11.5. The summed E-state index contributed by atoms with van der Waals surface area (Å²) in [6.45, 7) is 40.5. The highest BCUT2D eigenvalue weighted by atomic mass is 14.2. The van der Waals surface area contributed by atoms with Crippen LogP contribution < -0.4 is 0 Å². The molecule has 0 amide bonds. The Kier molecular flexibility index (Phi) is 14.8. The fourth-order valence-corrected chi connectivity index (χ4v) is 6.98. The minimum absolute atomic E-state index is 0.196. The topological polar surface area (TPSA) is 0 Å². The van der Waals surface area contributed by atoms with Gasteiger partial charge in [-0.25, -0.2) is 0 Å².